The van der Waals surface area contributed by atoms with Gasteiger partial charge in [0.05, 0.1) is 16.2 Å². The van der Waals surface area contributed by atoms with Crippen LogP contribution in [0.15, 0.2) is 88.0 Å². The highest BCUT2D eigenvalue weighted by Crippen LogP contribution is 2.31. The van der Waals surface area contributed by atoms with E-state index < -0.39 is 16.6 Å². The molecular formula is C22H13BrFN3O3. The SMILES string of the molecule is O=C1/C(=C\c2ccccc2[N+](=O)[O-])N=C(c2ccccc2Br)N1c1ccc(F)cc1. The van der Waals surface area contributed by atoms with Crippen LogP contribution in [0.5, 0.6) is 0 Å². The van der Waals surface area contributed by atoms with Crippen molar-refractivity contribution in [3.63, 3.8) is 0 Å². The van der Waals surface area contributed by atoms with Crippen molar-refractivity contribution in [2.24, 2.45) is 4.99 Å². The molecule has 0 unspecified atom stereocenters. The van der Waals surface area contributed by atoms with E-state index >= 15 is 0 Å². The van der Waals surface area contributed by atoms with Crippen molar-refractivity contribution in [3.05, 3.63) is 110 Å². The molecule has 0 atom stereocenters. The summed E-state index contributed by atoms with van der Waals surface area (Å²) in [7, 11) is 0. The number of para-hydroxylation sites is 1. The second-order valence-electron chi connectivity index (χ2n) is 6.38. The third kappa shape index (κ3) is 3.65. The third-order valence-corrected chi connectivity index (χ3v) is 5.18. The highest BCUT2D eigenvalue weighted by atomic mass is 79.9. The number of nitro groups is 1. The fourth-order valence-electron chi connectivity index (χ4n) is 3.09. The number of amides is 1. The zero-order valence-corrected chi connectivity index (χ0v) is 16.9. The van der Waals surface area contributed by atoms with Gasteiger partial charge < -0.3 is 0 Å². The molecule has 0 saturated heterocycles. The molecule has 0 fully saturated rings. The molecule has 1 amide bonds. The standard InChI is InChI=1S/C22H13BrFN3O3/c23-18-7-3-2-6-17(18)21-25-19(13-14-5-1-4-8-20(14)27(29)30)22(28)26(21)16-11-9-15(24)10-12-16/h1-13H/b19-13+. The summed E-state index contributed by atoms with van der Waals surface area (Å²) in [5.74, 6) is -0.560. The van der Waals surface area contributed by atoms with E-state index in [1.165, 1.54) is 41.3 Å². The third-order valence-electron chi connectivity index (χ3n) is 4.49. The lowest BCUT2D eigenvalue weighted by molar-refractivity contribution is -0.385. The first-order valence-electron chi connectivity index (χ1n) is 8.84. The molecule has 3 aromatic carbocycles. The molecule has 3 aromatic rings. The number of anilines is 1. The van der Waals surface area contributed by atoms with Gasteiger partial charge in [0.15, 0.2) is 0 Å². The first kappa shape index (κ1) is 19.7. The second kappa shape index (κ2) is 8.00. The molecule has 1 aliphatic heterocycles. The number of aliphatic imine (C=N–C) groups is 1. The number of rotatable bonds is 4. The predicted octanol–water partition coefficient (Wildman–Crippen LogP) is 5.33. The Labute approximate surface area is 179 Å². The molecule has 0 aromatic heterocycles. The van der Waals surface area contributed by atoms with Crippen molar-refractivity contribution in [1.82, 2.24) is 0 Å². The number of carbonyl (C=O) groups is 1. The fourth-order valence-corrected chi connectivity index (χ4v) is 3.55. The van der Waals surface area contributed by atoms with Crippen LogP contribution in [-0.4, -0.2) is 16.7 Å². The Morgan fingerprint density at radius 2 is 1.67 bits per heavy atom. The molecule has 0 bridgehead atoms. The number of hydrogen-bond acceptors (Lipinski definition) is 4. The molecule has 0 N–H and O–H groups in total. The van der Waals surface area contributed by atoms with E-state index in [2.05, 4.69) is 20.9 Å². The van der Waals surface area contributed by atoms with Gasteiger partial charge in [0.2, 0.25) is 0 Å². The number of benzene rings is 3. The van der Waals surface area contributed by atoms with E-state index in [0.29, 0.717) is 17.1 Å². The highest BCUT2D eigenvalue weighted by Gasteiger charge is 2.33. The lowest BCUT2D eigenvalue weighted by Crippen LogP contribution is -2.32. The van der Waals surface area contributed by atoms with Crippen molar-refractivity contribution in [3.8, 4) is 0 Å². The van der Waals surface area contributed by atoms with Gasteiger partial charge in [0.1, 0.15) is 17.3 Å². The smallest absolute Gasteiger partial charge is 0.266 e. The van der Waals surface area contributed by atoms with Gasteiger partial charge >= 0.3 is 0 Å². The monoisotopic (exact) mass is 465 g/mol. The van der Waals surface area contributed by atoms with Gasteiger partial charge in [-0.3, -0.25) is 19.8 Å². The minimum atomic E-state index is -0.512. The molecule has 0 aliphatic carbocycles. The summed E-state index contributed by atoms with van der Waals surface area (Å²) in [6.07, 6.45) is 1.39. The quantitative estimate of drug-likeness (QED) is 0.296. The first-order valence-corrected chi connectivity index (χ1v) is 9.64. The van der Waals surface area contributed by atoms with Crippen LogP contribution >= 0.6 is 15.9 Å². The van der Waals surface area contributed by atoms with Crippen LogP contribution in [0.25, 0.3) is 6.08 Å². The van der Waals surface area contributed by atoms with Crippen LogP contribution in [0.3, 0.4) is 0 Å². The number of nitrogens with zero attached hydrogens (tertiary/aromatic N) is 3. The van der Waals surface area contributed by atoms with Crippen LogP contribution in [0.2, 0.25) is 0 Å². The maximum Gasteiger partial charge on any atom is 0.282 e. The summed E-state index contributed by atoms with van der Waals surface area (Å²) < 4.78 is 14.1. The van der Waals surface area contributed by atoms with Crippen LogP contribution in [0.1, 0.15) is 11.1 Å². The lowest BCUT2D eigenvalue weighted by Gasteiger charge is -2.19. The van der Waals surface area contributed by atoms with Gasteiger partial charge in [-0.2, -0.15) is 0 Å². The Balaban J connectivity index is 1.88. The minimum Gasteiger partial charge on any atom is -0.266 e. The molecule has 1 heterocycles. The fraction of sp³-hybridized carbons (Fsp3) is 0. The van der Waals surface area contributed by atoms with E-state index in [1.807, 2.05) is 12.1 Å². The zero-order valence-electron chi connectivity index (χ0n) is 15.3. The van der Waals surface area contributed by atoms with Crippen molar-refractivity contribution in [1.29, 1.82) is 0 Å². The number of carbonyl (C=O) groups excluding carboxylic acids is 1. The number of hydrogen-bond donors (Lipinski definition) is 0. The van der Waals surface area contributed by atoms with Gasteiger partial charge in [-0.15, -0.1) is 0 Å². The molecule has 6 nitrogen and oxygen atoms in total. The van der Waals surface area contributed by atoms with Crippen LogP contribution in [0, 0.1) is 15.9 Å². The molecule has 30 heavy (non-hydrogen) atoms. The first-order chi connectivity index (χ1) is 14.5. The van der Waals surface area contributed by atoms with Crippen molar-refractivity contribution in [2.45, 2.75) is 0 Å². The van der Waals surface area contributed by atoms with E-state index in [9.17, 15) is 19.3 Å². The number of nitro benzene ring substituents is 1. The Kier molecular flexibility index (Phi) is 5.24. The molecular weight excluding hydrogens is 453 g/mol. The average Bonchev–Trinajstić information content (AvgIpc) is 3.05. The molecule has 1 aliphatic rings. The van der Waals surface area contributed by atoms with Gasteiger partial charge in [0.25, 0.3) is 11.6 Å². The minimum absolute atomic E-state index is 0.0411. The lowest BCUT2D eigenvalue weighted by atomic mass is 10.1. The highest BCUT2D eigenvalue weighted by molar-refractivity contribution is 9.10. The average molecular weight is 466 g/mol. The van der Waals surface area contributed by atoms with Crippen LogP contribution in [0.4, 0.5) is 15.8 Å². The summed E-state index contributed by atoms with van der Waals surface area (Å²) in [6.45, 7) is 0. The maximum atomic E-state index is 13.4. The molecule has 0 radical (unpaired) electrons. The summed E-state index contributed by atoms with van der Waals surface area (Å²) in [4.78, 5) is 29.9. The molecule has 4 rings (SSSR count). The van der Waals surface area contributed by atoms with Gasteiger partial charge in [-0.05, 0) is 42.5 Å². The van der Waals surface area contributed by atoms with Crippen molar-refractivity contribution < 1.29 is 14.1 Å². The molecule has 8 heteroatoms. The number of amidine groups is 1. The van der Waals surface area contributed by atoms with Crippen molar-refractivity contribution >= 4 is 45.1 Å². The van der Waals surface area contributed by atoms with Crippen LogP contribution in [-0.2, 0) is 4.79 Å². The molecule has 0 spiro atoms. The van der Waals surface area contributed by atoms with E-state index in [0.717, 1.165) is 4.47 Å². The Hall–Kier alpha value is -3.65. The maximum absolute atomic E-state index is 13.4. The Bertz CT molecular complexity index is 1220. The van der Waals surface area contributed by atoms with E-state index in [4.69, 9.17) is 0 Å². The van der Waals surface area contributed by atoms with E-state index in [-0.39, 0.29) is 16.9 Å². The Morgan fingerprint density at radius 1 is 1.00 bits per heavy atom. The van der Waals surface area contributed by atoms with Gasteiger partial charge in [-0.1, -0.05) is 46.3 Å². The summed E-state index contributed by atoms with van der Waals surface area (Å²) in [6, 6.07) is 18.8. The summed E-state index contributed by atoms with van der Waals surface area (Å²) >= 11 is 3.47. The second-order valence-corrected chi connectivity index (χ2v) is 7.23. The zero-order chi connectivity index (χ0) is 21.3. The normalized spacial score (nSPS) is 14.9. The number of halogens is 2. The molecule has 148 valence electrons. The van der Waals surface area contributed by atoms with Crippen molar-refractivity contribution in [2.75, 3.05) is 4.90 Å². The summed E-state index contributed by atoms with van der Waals surface area (Å²) in [5.41, 5.74) is 1.26. The topological polar surface area (TPSA) is 75.8 Å². The molecule has 0 saturated carbocycles. The van der Waals surface area contributed by atoms with E-state index in [1.54, 1.807) is 30.3 Å². The largest absolute Gasteiger partial charge is 0.282 e. The van der Waals surface area contributed by atoms with Gasteiger partial charge in [0, 0.05) is 16.1 Å². The summed E-state index contributed by atoms with van der Waals surface area (Å²) in [5, 5.41) is 11.3. The van der Waals surface area contributed by atoms with Gasteiger partial charge in [-0.25, -0.2) is 9.38 Å². The Morgan fingerprint density at radius 3 is 2.37 bits per heavy atom. The van der Waals surface area contributed by atoms with Crippen LogP contribution < -0.4 is 4.90 Å². The predicted molar refractivity (Wildman–Crippen MR) is 116 cm³/mol.